The third-order valence-corrected chi connectivity index (χ3v) is 7.14. The molecule has 6 heterocycles. The van der Waals surface area contributed by atoms with Gasteiger partial charge in [-0.3, -0.25) is 9.59 Å². The first-order valence-electron chi connectivity index (χ1n) is 9.96. The van der Waals surface area contributed by atoms with Crippen LogP contribution in [-0.4, -0.2) is 76.9 Å². The Morgan fingerprint density at radius 3 is 2.68 bits per heavy atom. The zero-order valence-corrected chi connectivity index (χ0v) is 16.5. The molecular weight excluding hydrogens is 376 g/mol. The first-order chi connectivity index (χ1) is 13.7. The highest BCUT2D eigenvalue weighted by molar-refractivity contribution is 7.99. The summed E-state index contributed by atoms with van der Waals surface area (Å²) in [5.74, 6) is 2.26. The molecule has 2 bridgehead atoms. The monoisotopic (exact) mass is 400 g/mol. The number of aromatic nitrogens is 1. The lowest BCUT2D eigenvalue weighted by Crippen LogP contribution is -2.57. The molecular formula is C20H24N4O3S. The van der Waals surface area contributed by atoms with Gasteiger partial charge in [-0.15, -0.1) is 0 Å². The van der Waals surface area contributed by atoms with Crippen molar-refractivity contribution in [1.82, 2.24) is 20.1 Å². The fraction of sp³-hybridized carbons (Fsp3) is 0.550. The van der Waals surface area contributed by atoms with Gasteiger partial charge in [-0.1, -0.05) is 0 Å². The second kappa shape index (κ2) is 7.40. The minimum Gasteiger partial charge on any atom is -0.462 e. The second-order valence-electron chi connectivity index (χ2n) is 7.84. The van der Waals surface area contributed by atoms with Gasteiger partial charge in [0.1, 0.15) is 12.0 Å². The molecule has 4 saturated heterocycles. The van der Waals surface area contributed by atoms with Crippen LogP contribution in [0.4, 0.5) is 0 Å². The number of rotatable bonds is 3. The molecule has 1 atom stereocenters. The highest BCUT2D eigenvalue weighted by atomic mass is 32.2. The summed E-state index contributed by atoms with van der Waals surface area (Å²) in [6, 6.07) is 1.88. The molecule has 28 heavy (non-hydrogen) atoms. The Balaban J connectivity index is 1.36. The summed E-state index contributed by atoms with van der Waals surface area (Å²) >= 11 is 1.86. The average molecular weight is 401 g/mol. The van der Waals surface area contributed by atoms with Gasteiger partial charge in [0.25, 0.3) is 11.8 Å². The molecule has 4 aliphatic heterocycles. The Morgan fingerprint density at radius 1 is 1.18 bits per heavy atom. The molecule has 0 unspecified atom stereocenters. The molecule has 7 nitrogen and oxygen atoms in total. The van der Waals surface area contributed by atoms with E-state index < -0.39 is 0 Å². The van der Waals surface area contributed by atoms with Crippen LogP contribution in [0, 0.1) is 5.92 Å². The lowest BCUT2D eigenvalue weighted by atomic mass is 9.84. The molecule has 0 saturated carbocycles. The van der Waals surface area contributed by atoms with Gasteiger partial charge < -0.3 is 19.5 Å². The predicted molar refractivity (Wildman–Crippen MR) is 108 cm³/mol. The van der Waals surface area contributed by atoms with Crippen LogP contribution in [0.2, 0.25) is 0 Å². The van der Waals surface area contributed by atoms with Crippen molar-refractivity contribution in [3.8, 4) is 0 Å². The standard InChI is InChI=1S/C20H24N4O3S/c25-19(22-17-11-23-3-1-13(17)2-4-23)16-9-14-15(12-27-18(14)10-21-16)20(26)24-5-7-28-8-6-24/h9-10,12-13,17H,1-8,11H2,(H,22,25)/t17-/m0/s1. The SMILES string of the molecule is O=C(N[C@H]1CN2CCC1CC2)c1cc2c(C(=O)N3CCSCC3)coc2cn1. The van der Waals surface area contributed by atoms with Gasteiger partial charge in [-0.2, -0.15) is 11.8 Å². The maximum Gasteiger partial charge on any atom is 0.270 e. The number of fused-ring (bicyclic) bond motifs is 4. The maximum absolute atomic E-state index is 12.9. The number of nitrogens with zero attached hydrogens (tertiary/aromatic N) is 3. The molecule has 8 heteroatoms. The fourth-order valence-corrected chi connectivity index (χ4v) is 5.43. The number of nitrogens with one attached hydrogen (secondary N) is 1. The Kier molecular flexibility index (Phi) is 4.76. The molecule has 6 rings (SSSR count). The number of thioether (sulfide) groups is 1. The molecule has 0 spiro atoms. The number of pyridine rings is 1. The molecule has 0 aliphatic carbocycles. The third kappa shape index (κ3) is 3.28. The average Bonchev–Trinajstić information content (AvgIpc) is 3.18. The zero-order chi connectivity index (χ0) is 19.1. The number of carbonyl (C=O) groups is 2. The van der Waals surface area contributed by atoms with E-state index in [1.54, 1.807) is 12.3 Å². The number of piperidine rings is 3. The van der Waals surface area contributed by atoms with Crippen LogP contribution in [-0.2, 0) is 0 Å². The van der Waals surface area contributed by atoms with Crippen molar-refractivity contribution in [3.63, 3.8) is 0 Å². The summed E-state index contributed by atoms with van der Waals surface area (Å²) in [4.78, 5) is 34.2. The van der Waals surface area contributed by atoms with Crippen LogP contribution >= 0.6 is 11.8 Å². The number of carbonyl (C=O) groups excluding carboxylic acids is 2. The van der Waals surface area contributed by atoms with Crippen LogP contribution in [0.1, 0.15) is 33.7 Å². The molecule has 2 amide bonds. The first-order valence-corrected chi connectivity index (χ1v) is 11.1. The van der Waals surface area contributed by atoms with Gasteiger partial charge in [0.05, 0.1) is 11.8 Å². The molecule has 148 valence electrons. The molecule has 0 aromatic carbocycles. The van der Waals surface area contributed by atoms with Crippen molar-refractivity contribution < 1.29 is 14.0 Å². The van der Waals surface area contributed by atoms with Crippen molar-refractivity contribution in [1.29, 1.82) is 0 Å². The molecule has 2 aromatic rings. The quantitative estimate of drug-likeness (QED) is 0.847. The topological polar surface area (TPSA) is 78.7 Å². The van der Waals surface area contributed by atoms with Gasteiger partial charge in [0, 0.05) is 42.6 Å². The van der Waals surface area contributed by atoms with E-state index in [4.69, 9.17) is 4.42 Å². The van der Waals surface area contributed by atoms with Gasteiger partial charge in [0.15, 0.2) is 5.58 Å². The van der Waals surface area contributed by atoms with Crippen molar-refractivity contribution in [2.75, 3.05) is 44.2 Å². The highest BCUT2D eigenvalue weighted by Gasteiger charge is 2.35. The smallest absolute Gasteiger partial charge is 0.270 e. The lowest BCUT2D eigenvalue weighted by Gasteiger charge is -2.44. The number of furan rings is 1. The van der Waals surface area contributed by atoms with Crippen LogP contribution < -0.4 is 5.32 Å². The Hall–Kier alpha value is -2.06. The van der Waals surface area contributed by atoms with Gasteiger partial charge in [0.2, 0.25) is 0 Å². The lowest BCUT2D eigenvalue weighted by molar-refractivity contribution is 0.0617. The van der Waals surface area contributed by atoms with E-state index in [-0.39, 0.29) is 17.9 Å². The third-order valence-electron chi connectivity index (χ3n) is 6.20. The minimum absolute atomic E-state index is 0.0333. The number of hydrogen-bond acceptors (Lipinski definition) is 6. The Bertz CT molecular complexity index is 900. The van der Waals surface area contributed by atoms with Crippen LogP contribution in [0.3, 0.4) is 0 Å². The first kappa shape index (κ1) is 18.0. The second-order valence-corrected chi connectivity index (χ2v) is 9.06. The molecule has 4 fully saturated rings. The summed E-state index contributed by atoms with van der Waals surface area (Å²) in [5.41, 5.74) is 1.39. The highest BCUT2D eigenvalue weighted by Crippen LogP contribution is 2.28. The molecule has 1 N–H and O–H groups in total. The van der Waals surface area contributed by atoms with Gasteiger partial charge >= 0.3 is 0 Å². The maximum atomic E-state index is 12.9. The largest absolute Gasteiger partial charge is 0.462 e. The molecule has 2 aromatic heterocycles. The summed E-state index contributed by atoms with van der Waals surface area (Å²) < 4.78 is 5.53. The van der Waals surface area contributed by atoms with E-state index in [2.05, 4.69) is 15.2 Å². The van der Waals surface area contributed by atoms with E-state index in [9.17, 15) is 9.59 Å². The Morgan fingerprint density at radius 2 is 1.96 bits per heavy atom. The number of hydrogen-bond donors (Lipinski definition) is 1. The normalized spacial score (nSPS) is 27.1. The summed E-state index contributed by atoms with van der Waals surface area (Å²) in [7, 11) is 0. The van der Waals surface area contributed by atoms with Crippen LogP contribution in [0.25, 0.3) is 11.0 Å². The van der Waals surface area contributed by atoms with Gasteiger partial charge in [-0.05, 0) is 37.9 Å². The van der Waals surface area contributed by atoms with E-state index in [1.807, 2.05) is 16.7 Å². The predicted octanol–water partition coefficient (Wildman–Crippen LogP) is 1.84. The van der Waals surface area contributed by atoms with Crippen LogP contribution in [0.15, 0.2) is 22.9 Å². The zero-order valence-electron chi connectivity index (χ0n) is 15.7. The van der Waals surface area contributed by atoms with Crippen molar-refractivity contribution in [2.45, 2.75) is 18.9 Å². The summed E-state index contributed by atoms with van der Waals surface area (Å²) in [5, 5.41) is 3.83. The Labute approximate surface area is 167 Å². The fourth-order valence-electron chi connectivity index (χ4n) is 4.53. The van der Waals surface area contributed by atoms with Gasteiger partial charge in [-0.25, -0.2) is 4.98 Å². The molecule has 4 aliphatic rings. The van der Waals surface area contributed by atoms with Crippen molar-refractivity contribution in [3.05, 3.63) is 29.8 Å². The van der Waals surface area contributed by atoms with E-state index in [0.29, 0.717) is 28.1 Å². The number of amides is 2. The summed E-state index contributed by atoms with van der Waals surface area (Å²) in [6.45, 7) is 4.68. The minimum atomic E-state index is -0.172. The van der Waals surface area contributed by atoms with E-state index in [1.165, 1.54) is 6.26 Å². The van der Waals surface area contributed by atoms with Crippen molar-refractivity contribution >= 4 is 34.5 Å². The van der Waals surface area contributed by atoms with Crippen molar-refractivity contribution in [2.24, 2.45) is 5.92 Å². The van der Waals surface area contributed by atoms with Crippen LogP contribution in [0.5, 0.6) is 0 Å². The summed E-state index contributed by atoms with van der Waals surface area (Å²) in [6.07, 6.45) is 5.33. The van der Waals surface area contributed by atoms with E-state index in [0.717, 1.165) is 57.1 Å². The van der Waals surface area contributed by atoms with E-state index >= 15 is 0 Å². The molecule has 0 radical (unpaired) electrons.